The molecule has 0 aliphatic carbocycles. The van der Waals surface area contributed by atoms with Gasteiger partial charge in [0.25, 0.3) is 5.91 Å². The second-order valence-electron chi connectivity index (χ2n) is 2.25. The summed E-state index contributed by atoms with van der Waals surface area (Å²) >= 11 is 4.83. The number of thioether (sulfide) groups is 1. The van der Waals surface area contributed by atoms with Gasteiger partial charge in [-0.15, -0.1) is 24.4 Å². The summed E-state index contributed by atoms with van der Waals surface area (Å²) in [6.45, 7) is 1.97. The third-order valence-corrected chi connectivity index (χ3v) is 2.67. The van der Waals surface area contributed by atoms with Gasteiger partial charge in [0.1, 0.15) is 11.6 Å². The first-order chi connectivity index (χ1) is 7.02. The van der Waals surface area contributed by atoms with Crippen LogP contribution in [0.5, 0.6) is 0 Å². The van der Waals surface area contributed by atoms with Gasteiger partial charge in [-0.2, -0.15) is 5.26 Å². The van der Waals surface area contributed by atoms with Crippen molar-refractivity contribution < 1.29 is 14.3 Å². The van der Waals surface area contributed by atoms with Gasteiger partial charge < -0.3 is 10.5 Å². The molecule has 0 saturated carbocycles. The highest BCUT2D eigenvalue weighted by molar-refractivity contribution is 8.16. The normalized spacial score (nSPS) is 11.3. The number of hydrogen-bond acceptors (Lipinski definition) is 6. The predicted molar refractivity (Wildman–Crippen MR) is 59.9 cm³/mol. The average molecular weight is 246 g/mol. The summed E-state index contributed by atoms with van der Waals surface area (Å²) in [6.07, 6.45) is 0. The summed E-state index contributed by atoms with van der Waals surface area (Å²) in [7, 11) is 0. The zero-order valence-electron chi connectivity index (χ0n) is 8.02. The molecule has 0 aliphatic heterocycles. The number of primary amides is 1. The Kier molecular flexibility index (Phi) is 6.66. The molecule has 0 heterocycles. The molecule has 0 aliphatic rings. The number of rotatable bonds is 5. The number of amides is 1. The Morgan fingerprint density at radius 2 is 2.20 bits per heavy atom. The van der Waals surface area contributed by atoms with Crippen LogP contribution >= 0.6 is 24.4 Å². The van der Waals surface area contributed by atoms with Crippen molar-refractivity contribution in [2.45, 2.75) is 6.92 Å². The maximum absolute atomic E-state index is 10.9. The van der Waals surface area contributed by atoms with Crippen molar-refractivity contribution in [1.82, 2.24) is 0 Å². The highest BCUT2D eigenvalue weighted by atomic mass is 32.2. The lowest BCUT2D eigenvalue weighted by atomic mass is 10.3. The minimum atomic E-state index is -0.862. The summed E-state index contributed by atoms with van der Waals surface area (Å²) in [4.78, 5) is 21.6. The first-order valence-electron chi connectivity index (χ1n) is 3.94. The Balaban J connectivity index is 4.35. The smallest absolute Gasteiger partial charge is 0.316 e. The van der Waals surface area contributed by atoms with E-state index in [-0.39, 0.29) is 22.2 Å². The van der Waals surface area contributed by atoms with Crippen molar-refractivity contribution in [3.05, 3.63) is 9.81 Å². The Hall–Kier alpha value is -1.13. The van der Waals surface area contributed by atoms with Gasteiger partial charge in [-0.1, -0.05) is 0 Å². The average Bonchev–Trinajstić information content (AvgIpc) is 2.15. The second-order valence-corrected chi connectivity index (χ2v) is 3.99. The zero-order valence-corrected chi connectivity index (χ0v) is 9.73. The Morgan fingerprint density at radius 3 is 2.60 bits per heavy atom. The number of nitriles is 1. The van der Waals surface area contributed by atoms with E-state index in [2.05, 4.69) is 17.4 Å². The molecule has 0 bridgehead atoms. The Bertz CT molecular complexity index is 333. The number of ether oxygens (including phenoxy) is 1. The molecule has 2 N–H and O–H groups in total. The van der Waals surface area contributed by atoms with Gasteiger partial charge in [0.05, 0.1) is 16.6 Å². The van der Waals surface area contributed by atoms with Gasteiger partial charge in [0, 0.05) is 0 Å². The quantitative estimate of drug-likeness (QED) is 0.317. The van der Waals surface area contributed by atoms with Crippen LogP contribution in [0.25, 0.3) is 0 Å². The number of thiol groups is 1. The fraction of sp³-hybridized carbons (Fsp3) is 0.375. The SMILES string of the molecule is CCOC(=O)CS/C(S)=C(\C#N)C(N)=O. The number of carbonyl (C=O) groups is 2. The van der Waals surface area contributed by atoms with Crippen molar-refractivity contribution in [3.8, 4) is 6.07 Å². The molecule has 0 spiro atoms. The largest absolute Gasteiger partial charge is 0.465 e. The van der Waals surface area contributed by atoms with Crippen molar-refractivity contribution in [2.75, 3.05) is 12.4 Å². The van der Waals surface area contributed by atoms with E-state index in [1.807, 2.05) is 0 Å². The van der Waals surface area contributed by atoms with Gasteiger partial charge in [0.15, 0.2) is 0 Å². The van der Waals surface area contributed by atoms with Crippen molar-refractivity contribution in [2.24, 2.45) is 5.73 Å². The summed E-state index contributed by atoms with van der Waals surface area (Å²) < 4.78 is 4.77. The molecular weight excluding hydrogens is 236 g/mol. The zero-order chi connectivity index (χ0) is 11.8. The minimum absolute atomic E-state index is 0.00880. The van der Waals surface area contributed by atoms with E-state index in [9.17, 15) is 9.59 Å². The lowest BCUT2D eigenvalue weighted by Gasteiger charge is -2.02. The molecule has 0 fully saturated rings. The number of carbonyl (C=O) groups excluding carboxylic acids is 2. The maximum Gasteiger partial charge on any atom is 0.316 e. The molecule has 0 atom stereocenters. The Labute approximate surface area is 97.1 Å². The van der Waals surface area contributed by atoms with Crippen molar-refractivity contribution in [1.29, 1.82) is 5.26 Å². The van der Waals surface area contributed by atoms with Crippen LogP contribution in [0.3, 0.4) is 0 Å². The van der Waals surface area contributed by atoms with Crippen LogP contribution in [0.15, 0.2) is 9.81 Å². The highest BCUT2D eigenvalue weighted by Crippen LogP contribution is 2.23. The van der Waals surface area contributed by atoms with Gasteiger partial charge in [-0.25, -0.2) is 0 Å². The lowest BCUT2D eigenvalue weighted by Crippen LogP contribution is -2.14. The molecular formula is C8H10N2O3S2. The van der Waals surface area contributed by atoms with Crippen LogP contribution in [0.1, 0.15) is 6.92 Å². The number of nitrogens with two attached hydrogens (primary N) is 1. The van der Waals surface area contributed by atoms with E-state index in [0.717, 1.165) is 11.8 Å². The van der Waals surface area contributed by atoms with Crippen molar-refractivity contribution >= 4 is 36.3 Å². The van der Waals surface area contributed by atoms with Gasteiger partial charge >= 0.3 is 5.97 Å². The molecule has 0 aromatic carbocycles. The number of esters is 1. The summed E-state index contributed by atoms with van der Waals surface area (Å²) in [6, 6.07) is 1.61. The van der Waals surface area contributed by atoms with Crippen LogP contribution in [0.2, 0.25) is 0 Å². The second kappa shape index (κ2) is 7.20. The molecule has 0 saturated heterocycles. The third kappa shape index (κ3) is 5.34. The highest BCUT2D eigenvalue weighted by Gasteiger charge is 2.11. The standard InChI is InChI=1S/C8H10N2O3S2/c1-2-13-6(11)4-15-8(14)5(3-9)7(10)12/h14H,2,4H2,1H3,(H2,10,12)/b8-5+. The molecule has 0 aromatic rings. The molecule has 0 radical (unpaired) electrons. The van der Waals surface area contributed by atoms with Gasteiger partial charge in [0.2, 0.25) is 0 Å². The van der Waals surface area contributed by atoms with E-state index >= 15 is 0 Å². The molecule has 7 heteroatoms. The fourth-order valence-corrected chi connectivity index (χ4v) is 1.59. The van der Waals surface area contributed by atoms with Crippen LogP contribution in [-0.2, 0) is 14.3 Å². The maximum atomic E-state index is 10.9. The molecule has 15 heavy (non-hydrogen) atoms. The monoisotopic (exact) mass is 246 g/mol. The summed E-state index contributed by atoms with van der Waals surface area (Å²) in [5.74, 6) is -1.31. The first kappa shape index (κ1) is 13.9. The van der Waals surface area contributed by atoms with E-state index in [4.69, 9.17) is 11.0 Å². The summed E-state index contributed by atoms with van der Waals surface area (Å²) in [5.41, 5.74) is 4.66. The molecule has 1 amide bonds. The molecule has 82 valence electrons. The van der Waals surface area contributed by atoms with Gasteiger partial charge in [-0.05, 0) is 6.92 Å². The van der Waals surface area contributed by atoms with Crippen molar-refractivity contribution in [3.63, 3.8) is 0 Å². The third-order valence-electron chi connectivity index (χ3n) is 1.20. The molecule has 0 aromatic heterocycles. The summed E-state index contributed by atoms with van der Waals surface area (Å²) in [5, 5.41) is 8.55. The van der Waals surface area contributed by atoms with E-state index in [1.54, 1.807) is 13.0 Å². The number of nitrogens with zero attached hydrogens (tertiary/aromatic N) is 1. The molecule has 0 rings (SSSR count). The van der Waals surface area contributed by atoms with Gasteiger partial charge in [-0.3, -0.25) is 9.59 Å². The topological polar surface area (TPSA) is 93.2 Å². The fourth-order valence-electron chi connectivity index (χ4n) is 0.610. The van der Waals surface area contributed by atoms with E-state index in [1.165, 1.54) is 0 Å². The minimum Gasteiger partial charge on any atom is -0.465 e. The van der Waals surface area contributed by atoms with Crippen LogP contribution in [0.4, 0.5) is 0 Å². The van der Waals surface area contributed by atoms with E-state index < -0.39 is 11.9 Å². The lowest BCUT2D eigenvalue weighted by molar-refractivity contribution is -0.139. The van der Waals surface area contributed by atoms with E-state index in [0.29, 0.717) is 0 Å². The number of hydrogen-bond donors (Lipinski definition) is 2. The molecule has 0 unspecified atom stereocenters. The Morgan fingerprint density at radius 1 is 1.60 bits per heavy atom. The predicted octanol–water partition coefficient (Wildman–Crippen LogP) is 0.433. The van der Waals surface area contributed by atoms with Crippen LogP contribution in [0, 0.1) is 11.3 Å². The first-order valence-corrected chi connectivity index (χ1v) is 5.37. The molecule has 5 nitrogen and oxygen atoms in total. The van der Waals surface area contributed by atoms with Crippen LogP contribution in [-0.4, -0.2) is 24.2 Å². The van der Waals surface area contributed by atoms with Crippen LogP contribution < -0.4 is 5.73 Å².